The molecule has 10 heteroatoms. The van der Waals surface area contributed by atoms with E-state index in [1.807, 2.05) is 30.3 Å². The second-order valence-electron chi connectivity index (χ2n) is 7.52. The van der Waals surface area contributed by atoms with Crippen LogP contribution in [0.25, 0.3) is 10.2 Å². The highest BCUT2D eigenvalue weighted by molar-refractivity contribution is 7.89. The molecule has 33 heavy (non-hydrogen) atoms. The van der Waals surface area contributed by atoms with Gasteiger partial charge in [-0.05, 0) is 42.0 Å². The van der Waals surface area contributed by atoms with Crippen molar-refractivity contribution >= 4 is 43.2 Å². The van der Waals surface area contributed by atoms with Gasteiger partial charge in [0.2, 0.25) is 10.0 Å². The zero-order chi connectivity index (χ0) is 23.0. The third-order valence-corrected chi connectivity index (χ3v) is 8.04. The van der Waals surface area contributed by atoms with Gasteiger partial charge in [-0.15, -0.1) is 0 Å². The highest BCUT2D eigenvalue weighted by Crippen LogP contribution is 2.31. The van der Waals surface area contributed by atoms with Crippen molar-refractivity contribution in [2.45, 2.75) is 17.5 Å². The van der Waals surface area contributed by atoms with Gasteiger partial charge in [0.25, 0.3) is 0 Å². The number of aromatic nitrogens is 1. The molecule has 0 bridgehead atoms. The van der Waals surface area contributed by atoms with Crippen LogP contribution in [0.15, 0.2) is 76.4 Å². The molecule has 1 atom stereocenters. The van der Waals surface area contributed by atoms with Crippen molar-refractivity contribution in [3.63, 3.8) is 0 Å². The Morgan fingerprint density at radius 1 is 1.06 bits per heavy atom. The molecule has 5 rings (SSSR count). The van der Waals surface area contributed by atoms with E-state index < -0.39 is 16.1 Å². The number of benzene rings is 3. The Balaban J connectivity index is 1.34. The minimum atomic E-state index is -3.81. The monoisotopic (exact) mass is 502 g/mol. The molecule has 2 heterocycles. The van der Waals surface area contributed by atoms with E-state index in [1.54, 1.807) is 28.8 Å². The molecule has 4 aromatic rings. The van der Waals surface area contributed by atoms with E-state index in [1.165, 1.54) is 12.1 Å². The van der Waals surface area contributed by atoms with Gasteiger partial charge in [-0.1, -0.05) is 53.3 Å². The molecule has 0 fully saturated rings. The SMILES string of the molecule is O=c1sc2cc(S(=O)(=O)NCC3COc4ccccc4O3)ccc2n1Cc1ccccc1Cl. The van der Waals surface area contributed by atoms with E-state index in [9.17, 15) is 13.2 Å². The molecule has 1 N–H and O–H groups in total. The summed E-state index contributed by atoms with van der Waals surface area (Å²) in [5.41, 5.74) is 1.47. The Labute approximate surface area is 199 Å². The number of ether oxygens (including phenoxy) is 2. The van der Waals surface area contributed by atoms with Crippen LogP contribution < -0.4 is 19.1 Å². The third-order valence-electron chi connectivity index (χ3n) is 5.30. The second-order valence-corrected chi connectivity index (χ2v) is 10.7. The van der Waals surface area contributed by atoms with Crippen LogP contribution in [0.1, 0.15) is 5.56 Å². The average molecular weight is 503 g/mol. The summed E-state index contributed by atoms with van der Waals surface area (Å²) < 4.78 is 42.0. The number of nitrogens with one attached hydrogen (secondary N) is 1. The van der Waals surface area contributed by atoms with E-state index in [-0.39, 0.29) is 22.9 Å². The Morgan fingerprint density at radius 2 is 1.82 bits per heavy atom. The van der Waals surface area contributed by atoms with Crippen LogP contribution in [0, 0.1) is 0 Å². The lowest BCUT2D eigenvalue weighted by Gasteiger charge is -2.26. The summed E-state index contributed by atoms with van der Waals surface area (Å²) >= 11 is 7.24. The van der Waals surface area contributed by atoms with E-state index >= 15 is 0 Å². The largest absolute Gasteiger partial charge is 0.486 e. The summed E-state index contributed by atoms with van der Waals surface area (Å²) in [5, 5.41) is 0.573. The van der Waals surface area contributed by atoms with Crippen molar-refractivity contribution in [1.82, 2.24) is 9.29 Å². The number of sulfonamides is 1. The van der Waals surface area contributed by atoms with Crippen LogP contribution in [0.3, 0.4) is 0 Å². The number of nitrogens with zero attached hydrogens (tertiary/aromatic N) is 1. The first kappa shape index (κ1) is 22.0. The van der Waals surface area contributed by atoms with Gasteiger partial charge >= 0.3 is 4.87 Å². The number of halogens is 1. The molecule has 170 valence electrons. The van der Waals surface area contributed by atoms with Gasteiger partial charge in [-0.25, -0.2) is 13.1 Å². The van der Waals surface area contributed by atoms with Crippen LogP contribution >= 0.6 is 22.9 Å². The Bertz CT molecular complexity index is 1500. The minimum absolute atomic E-state index is 0.0540. The van der Waals surface area contributed by atoms with Crippen molar-refractivity contribution in [2.75, 3.05) is 13.2 Å². The number of fused-ring (bicyclic) bond motifs is 2. The van der Waals surface area contributed by atoms with Gasteiger partial charge in [-0.2, -0.15) is 0 Å². The van der Waals surface area contributed by atoms with Crippen LogP contribution in [0.5, 0.6) is 11.5 Å². The summed E-state index contributed by atoms with van der Waals surface area (Å²) in [5.74, 6) is 1.22. The van der Waals surface area contributed by atoms with Gasteiger partial charge in [0.15, 0.2) is 11.5 Å². The molecule has 0 amide bonds. The summed E-state index contributed by atoms with van der Waals surface area (Å²) in [6, 6.07) is 19.2. The van der Waals surface area contributed by atoms with Gasteiger partial charge in [0.05, 0.1) is 28.2 Å². The predicted octanol–water partition coefficient (Wildman–Crippen LogP) is 3.88. The van der Waals surface area contributed by atoms with Crippen LogP contribution in [0.2, 0.25) is 5.02 Å². The third kappa shape index (κ3) is 4.49. The number of hydrogen-bond acceptors (Lipinski definition) is 6. The summed E-state index contributed by atoms with van der Waals surface area (Å²) in [6.45, 7) is 0.604. The van der Waals surface area contributed by atoms with E-state index in [0.29, 0.717) is 33.3 Å². The first-order valence-corrected chi connectivity index (χ1v) is 12.8. The van der Waals surface area contributed by atoms with Gasteiger partial charge < -0.3 is 9.47 Å². The molecular formula is C23H19ClN2O5S2. The molecule has 0 saturated carbocycles. The smallest absolute Gasteiger partial charge is 0.308 e. The molecule has 1 unspecified atom stereocenters. The van der Waals surface area contributed by atoms with Crippen LogP contribution in [-0.2, 0) is 16.6 Å². The maximum Gasteiger partial charge on any atom is 0.308 e. The summed E-state index contributed by atoms with van der Waals surface area (Å²) in [4.78, 5) is 12.5. The fourth-order valence-corrected chi connectivity index (χ4v) is 5.90. The first-order valence-electron chi connectivity index (χ1n) is 10.2. The van der Waals surface area contributed by atoms with E-state index in [4.69, 9.17) is 21.1 Å². The zero-order valence-electron chi connectivity index (χ0n) is 17.2. The minimum Gasteiger partial charge on any atom is -0.486 e. The Morgan fingerprint density at radius 3 is 2.64 bits per heavy atom. The lowest BCUT2D eigenvalue weighted by atomic mass is 10.2. The maximum absolute atomic E-state index is 12.9. The highest BCUT2D eigenvalue weighted by Gasteiger charge is 2.24. The van der Waals surface area contributed by atoms with Crippen molar-refractivity contribution in [3.05, 3.63) is 87.0 Å². The van der Waals surface area contributed by atoms with Gasteiger partial charge in [-0.3, -0.25) is 9.36 Å². The fourth-order valence-electron chi connectivity index (χ4n) is 3.61. The molecule has 0 saturated heterocycles. The van der Waals surface area contributed by atoms with Crippen molar-refractivity contribution in [3.8, 4) is 11.5 Å². The van der Waals surface area contributed by atoms with Crippen LogP contribution in [-0.4, -0.2) is 32.2 Å². The second kappa shape index (κ2) is 8.83. The van der Waals surface area contributed by atoms with Gasteiger partial charge in [0.1, 0.15) is 12.7 Å². The summed E-state index contributed by atoms with van der Waals surface area (Å²) in [7, 11) is -3.81. The maximum atomic E-state index is 12.9. The first-order chi connectivity index (χ1) is 15.9. The molecule has 0 aliphatic carbocycles. The molecular weight excluding hydrogens is 484 g/mol. The molecule has 1 aliphatic rings. The molecule has 0 radical (unpaired) electrons. The number of para-hydroxylation sites is 2. The van der Waals surface area contributed by atoms with E-state index in [2.05, 4.69) is 4.72 Å². The normalized spacial score (nSPS) is 15.6. The van der Waals surface area contributed by atoms with Crippen molar-refractivity contribution in [1.29, 1.82) is 0 Å². The number of hydrogen-bond donors (Lipinski definition) is 1. The Hall–Kier alpha value is -2.85. The molecule has 1 aromatic heterocycles. The van der Waals surface area contributed by atoms with Crippen molar-refractivity contribution in [2.24, 2.45) is 0 Å². The number of thiazole rings is 1. The quantitative estimate of drug-likeness (QED) is 0.432. The zero-order valence-corrected chi connectivity index (χ0v) is 19.6. The average Bonchev–Trinajstić information content (AvgIpc) is 3.13. The lowest BCUT2D eigenvalue weighted by molar-refractivity contribution is 0.0943. The highest BCUT2D eigenvalue weighted by atomic mass is 35.5. The molecule has 3 aromatic carbocycles. The molecule has 1 aliphatic heterocycles. The Kier molecular flexibility index (Phi) is 5.88. The van der Waals surface area contributed by atoms with Gasteiger partial charge in [0, 0.05) is 5.02 Å². The lowest BCUT2D eigenvalue weighted by Crippen LogP contribution is -2.40. The fraction of sp³-hybridized carbons (Fsp3) is 0.174. The molecule has 0 spiro atoms. The van der Waals surface area contributed by atoms with Crippen LogP contribution in [0.4, 0.5) is 0 Å². The number of rotatable bonds is 6. The summed E-state index contributed by atoms with van der Waals surface area (Å²) in [6.07, 6.45) is -0.453. The topological polar surface area (TPSA) is 86.6 Å². The van der Waals surface area contributed by atoms with E-state index in [0.717, 1.165) is 16.9 Å². The molecule has 7 nitrogen and oxygen atoms in total. The standard InChI is InChI=1S/C23H19ClN2O5S2/c24-18-6-2-1-5-15(18)13-26-19-10-9-17(11-22(19)32-23(26)27)33(28,29)25-12-16-14-30-20-7-3-4-8-21(20)31-16/h1-11,16,25H,12-14H2. The van der Waals surface area contributed by atoms with Crippen molar-refractivity contribution < 1.29 is 17.9 Å². The predicted molar refractivity (Wildman–Crippen MR) is 128 cm³/mol.